The van der Waals surface area contributed by atoms with E-state index in [1.807, 2.05) is 0 Å². The lowest BCUT2D eigenvalue weighted by molar-refractivity contribution is -0.160. The second-order valence-electron chi connectivity index (χ2n) is 10.3. The van der Waals surface area contributed by atoms with Crippen molar-refractivity contribution in [2.45, 2.75) is 49.2 Å². The van der Waals surface area contributed by atoms with Crippen molar-refractivity contribution in [1.29, 1.82) is 0 Å². The Bertz CT molecular complexity index is 1500. The minimum atomic E-state index is -4.17. The normalized spacial score (nSPS) is 19.4. The Morgan fingerprint density at radius 1 is 1.02 bits per heavy atom. The molecule has 2 aromatic carbocycles. The second-order valence-corrected chi connectivity index (χ2v) is 12.6. The third-order valence-electron chi connectivity index (χ3n) is 7.13. The lowest BCUT2D eigenvalue weighted by Crippen LogP contribution is -2.58. The lowest BCUT2D eigenvalue weighted by Gasteiger charge is -2.38. The van der Waals surface area contributed by atoms with E-state index >= 15 is 4.39 Å². The van der Waals surface area contributed by atoms with E-state index < -0.39 is 65.4 Å². The molecular weight excluding hydrogens is 583 g/mol. The van der Waals surface area contributed by atoms with E-state index in [-0.39, 0.29) is 34.4 Å². The number of carbonyl (C=O) groups excluding carboxylic acids is 3. The summed E-state index contributed by atoms with van der Waals surface area (Å²) in [6.07, 6.45) is 1.50. The molecule has 1 atom stereocenters. The molecule has 0 aromatic heterocycles. The number of rotatable bonds is 8. The number of ketones is 1. The van der Waals surface area contributed by atoms with Gasteiger partial charge in [0.15, 0.2) is 11.5 Å². The van der Waals surface area contributed by atoms with Crippen LogP contribution in [0.1, 0.15) is 37.0 Å². The number of halogens is 4. The summed E-state index contributed by atoms with van der Waals surface area (Å²) in [5, 5.41) is 2.73. The number of hydrogen-bond donors (Lipinski definition) is 1. The van der Waals surface area contributed by atoms with Crippen molar-refractivity contribution >= 4 is 39.2 Å². The van der Waals surface area contributed by atoms with Gasteiger partial charge in [0.25, 0.3) is 11.8 Å². The summed E-state index contributed by atoms with van der Waals surface area (Å²) in [6.45, 7) is 0.938. The first-order chi connectivity index (χ1) is 19.1. The summed E-state index contributed by atoms with van der Waals surface area (Å²) in [4.78, 5) is 37.5. The van der Waals surface area contributed by atoms with Gasteiger partial charge in [0.05, 0.1) is 18.0 Å². The van der Waals surface area contributed by atoms with Crippen LogP contribution in [0.15, 0.2) is 59.5 Å². The minimum Gasteiger partial charge on any atom is -0.347 e. The third kappa shape index (κ3) is 6.65. The van der Waals surface area contributed by atoms with Crippen LogP contribution in [-0.4, -0.2) is 79.0 Å². The van der Waals surface area contributed by atoms with Gasteiger partial charge in [-0.2, -0.15) is 4.31 Å². The molecule has 2 heterocycles. The largest absolute Gasteiger partial charge is 0.347 e. The number of Topliss-reactive ketones (excluding diaryl/α,β-unsaturated/α-hetero) is 1. The number of nitrogens with zero attached hydrogens (tertiary/aromatic N) is 2. The van der Waals surface area contributed by atoms with Crippen molar-refractivity contribution in [3.63, 3.8) is 0 Å². The second kappa shape index (κ2) is 11.6. The number of likely N-dealkylation sites (tertiary alicyclic amines) is 1. The van der Waals surface area contributed by atoms with Gasteiger partial charge in [0.2, 0.25) is 15.9 Å². The first-order valence-corrected chi connectivity index (χ1v) is 14.7. The number of benzene rings is 2. The van der Waals surface area contributed by atoms with Crippen LogP contribution in [0.4, 0.5) is 13.2 Å². The summed E-state index contributed by atoms with van der Waals surface area (Å²) in [5.74, 6) is -4.76. The zero-order valence-corrected chi connectivity index (χ0v) is 23.9. The molecule has 0 bridgehead atoms. The predicted molar refractivity (Wildman–Crippen MR) is 147 cm³/mol. The molecule has 4 rings (SSSR count). The highest BCUT2D eigenvalue weighted by atomic mass is 35.5. The lowest BCUT2D eigenvalue weighted by atomic mass is 9.93. The number of sulfonamides is 1. The number of alkyl halides is 3. The van der Waals surface area contributed by atoms with Gasteiger partial charge in [-0.25, -0.2) is 21.6 Å². The van der Waals surface area contributed by atoms with Crippen molar-refractivity contribution in [3.8, 4) is 11.1 Å². The molecule has 2 saturated heterocycles. The summed E-state index contributed by atoms with van der Waals surface area (Å²) in [6, 6.07) is 10.0. The van der Waals surface area contributed by atoms with Crippen LogP contribution in [0.25, 0.3) is 11.1 Å². The molecule has 2 fully saturated rings. The average Bonchev–Trinajstić information content (AvgIpc) is 2.90. The summed E-state index contributed by atoms with van der Waals surface area (Å²) in [5.41, 5.74) is -1.42. The van der Waals surface area contributed by atoms with Gasteiger partial charge < -0.3 is 10.2 Å². The summed E-state index contributed by atoms with van der Waals surface area (Å²) < 4.78 is 70.0. The van der Waals surface area contributed by atoms with Gasteiger partial charge in [-0.3, -0.25) is 14.4 Å². The van der Waals surface area contributed by atoms with Crippen LogP contribution in [0.2, 0.25) is 5.02 Å². The predicted octanol–water partition coefficient (Wildman–Crippen LogP) is 4.24. The minimum absolute atomic E-state index is 0.102. The van der Waals surface area contributed by atoms with E-state index in [4.69, 9.17) is 11.6 Å². The van der Waals surface area contributed by atoms with Crippen LogP contribution in [0, 0.1) is 0 Å². The van der Waals surface area contributed by atoms with Crippen LogP contribution in [0.5, 0.6) is 0 Å². The van der Waals surface area contributed by atoms with Crippen LogP contribution >= 0.6 is 11.6 Å². The standard InChI is InChI=1S/C28H29ClF3N3O5S/c1-18(7-10-25(37)34-16-28(31,32)17-34)33-26(38)27(30)11-13-35(14-12-27)41(39,40)24-9-8-20(19(2)36)15-22(24)21-5-3-4-6-23(21)29/h3-10,15,18H,11-14,16-17H2,1-2H3,(H,33,38)/b10-7+/t18-/m1/s1. The number of piperidine rings is 1. The quantitative estimate of drug-likeness (QED) is 0.355. The Morgan fingerprint density at radius 3 is 2.24 bits per heavy atom. The summed E-state index contributed by atoms with van der Waals surface area (Å²) in [7, 11) is -4.17. The molecule has 2 aliphatic rings. The monoisotopic (exact) mass is 611 g/mol. The summed E-state index contributed by atoms with van der Waals surface area (Å²) >= 11 is 6.35. The molecule has 2 amide bonds. The van der Waals surface area contributed by atoms with E-state index in [0.29, 0.717) is 11.1 Å². The van der Waals surface area contributed by atoms with Gasteiger partial charge in [0.1, 0.15) is 0 Å². The van der Waals surface area contributed by atoms with Gasteiger partial charge in [-0.15, -0.1) is 0 Å². The first-order valence-electron chi connectivity index (χ1n) is 12.9. The fourth-order valence-electron chi connectivity index (χ4n) is 4.70. The molecule has 2 aromatic rings. The van der Waals surface area contributed by atoms with Crippen molar-refractivity contribution < 1.29 is 36.0 Å². The molecule has 1 N–H and O–H groups in total. The first kappa shape index (κ1) is 30.7. The number of nitrogens with one attached hydrogen (secondary N) is 1. The highest BCUT2D eigenvalue weighted by Crippen LogP contribution is 2.37. The molecule has 8 nitrogen and oxygen atoms in total. The highest BCUT2D eigenvalue weighted by Gasteiger charge is 2.46. The Labute approximate surface area is 241 Å². The molecule has 220 valence electrons. The Balaban J connectivity index is 1.45. The van der Waals surface area contributed by atoms with Crippen molar-refractivity contribution in [3.05, 3.63) is 65.2 Å². The Morgan fingerprint density at radius 2 is 1.66 bits per heavy atom. The molecule has 0 saturated carbocycles. The molecule has 2 aliphatic heterocycles. The topological polar surface area (TPSA) is 104 Å². The van der Waals surface area contributed by atoms with E-state index in [0.717, 1.165) is 15.3 Å². The third-order valence-corrected chi connectivity index (χ3v) is 9.42. The molecule has 0 spiro atoms. The maximum Gasteiger partial charge on any atom is 0.282 e. The van der Waals surface area contributed by atoms with Gasteiger partial charge in [0, 0.05) is 59.8 Å². The van der Waals surface area contributed by atoms with E-state index in [1.54, 1.807) is 24.3 Å². The van der Waals surface area contributed by atoms with Crippen LogP contribution < -0.4 is 5.32 Å². The highest BCUT2D eigenvalue weighted by molar-refractivity contribution is 7.89. The fourth-order valence-corrected chi connectivity index (χ4v) is 6.56. The number of carbonyl (C=O) groups is 3. The zero-order chi connectivity index (χ0) is 30.2. The van der Waals surface area contributed by atoms with Gasteiger partial charge in [-0.1, -0.05) is 41.9 Å². The maximum absolute atomic E-state index is 15.6. The Hall–Kier alpha value is -3.22. The molecule has 0 unspecified atom stereocenters. The van der Waals surface area contributed by atoms with Crippen molar-refractivity contribution in [2.24, 2.45) is 0 Å². The molecular formula is C28H29ClF3N3O5S. The van der Waals surface area contributed by atoms with Crippen molar-refractivity contribution in [2.75, 3.05) is 26.2 Å². The SMILES string of the molecule is CC(=O)c1ccc(S(=O)(=O)N2CCC(F)(C(=O)N[C@H](C)/C=C/C(=O)N3CC(F)(F)C3)CC2)c(-c2ccccc2Cl)c1. The smallest absolute Gasteiger partial charge is 0.282 e. The number of amides is 2. The zero-order valence-electron chi connectivity index (χ0n) is 22.4. The van der Waals surface area contributed by atoms with Gasteiger partial charge >= 0.3 is 0 Å². The molecule has 41 heavy (non-hydrogen) atoms. The fraction of sp³-hybridized carbons (Fsp3) is 0.393. The van der Waals surface area contributed by atoms with Crippen LogP contribution in [-0.2, 0) is 19.6 Å². The molecule has 0 radical (unpaired) electrons. The average molecular weight is 612 g/mol. The maximum atomic E-state index is 15.6. The molecule has 13 heteroatoms. The van der Waals surface area contributed by atoms with E-state index in [1.165, 1.54) is 38.1 Å². The van der Waals surface area contributed by atoms with Crippen molar-refractivity contribution in [1.82, 2.24) is 14.5 Å². The van der Waals surface area contributed by atoms with E-state index in [2.05, 4.69) is 5.32 Å². The van der Waals surface area contributed by atoms with E-state index in [9.17, 15) is 31.6 Å². The van der Waals surface area contributed by atoms with Crippen LogP contribution in [0.3, 0.4) is 0 Å². The number of hydrogen-bond acceptors (Lipinski definition) is 5. The Kier molecular flexibility index (Phi) is 8.68. The molecule has 0 aliphatic carbocycles. The van der Waals surface area contributed by atoms with Gasteiger partial charge in [-0.05, 0) is 32.0 Å².